The van der Waals surface area contributed by atoms with Crippen LogP contribution in [-0.4, -0.2) is 79.2 Å². The molecule has 2 fully saturated rings. The number of fused-ring (bicyclic) bond motifs is 1. The zero-order valence-corrected chi connectivity index (χ0v) is 19.0. The molecule has 9 heteroatoms. The van der Waals surface area contributed by atoms with E-state index in [2.05, 4.69) is 4.90 Å². The lowest BCUT2D eigenvalue weighted by Crippen LogP contribution is -2.38. The van der Waals surface area contributed by atoms with Crippen LogP contribution in [0.3, 0.4) is 0 Å². The molecule has 4 heterocycles. The molecule has 1 atom stereocenters. The predicted molar refractivity (Wildman–Crippen MR) is 123 cm³/mol. The van der Waals surface area contributed by atoms with Gasteiger partial charge in [-0.1, -0.05) is 6.07 Å². The summed E-state index contributed by atoms with van der Waals surface area (Å²) >= 11 is 1.47. The van der Waals surface area contributed by atoms with Crippen molar-refractivity contribution in [2.45, 2.75) is 12.5 Å². The molecule has 2 aromatic rings. The van der Waals surface area contributed by atoms with Crippen molar-refractivity contribution in [3.05, 3.63) is 51.7 Å². The number of likely N-dealkylation sites (tertiary alicyclic amines) is 1. The normalized spacial score (nSPS) is 22.7. The molecule has 0 radical (unpaired) electrons. The highest BCUT2D eigenvalue weighted by molar-refractivity contribution is 7.10. The number of hydrogen-bond donors (Lipinski definition) is 1. The number of nitrogens with zero attached hydrogens (tertiary/aromatic N) is 2. The van der Waals surface area contributed by atoms with Crippen molar-refractivity contribution < 1.29 is 28.9 Å². The molecule has 1 aromatic heterocycles. The summed E-state index contributed by atoms with van der Waals surface area (Å²) in [7, 11) is 0. The number of Topliss-reactive ketones (excluding diaryl/α,β-unsaturated/α-hetero) is 1. The number of aliphatic hydroxyl groups is 1. The Balaban J connectivity index is 1.44. The third-order valence-corrected chi connectivity index (χ3v) is 7.07. The summed E-state index contributed by atoms with van der Waals surface area (Å²) in [4.78, 5) is 30.9. The third kappa shape index (κ3) is 4.36. The van der Waals surface area contributed by atoms with Gasteiger partial charge >= 0.3 is 0 Å². The number of hydrogen-bond acceptors (Lipinski definition) is 8. The van der Waals surface area contributed by atoms with E-state index in [-0.39, 0.29) is 11.3 Å². The standard InChI is InChI=1S/C24H26N2O6S/c27-22(16-4-5-17-18(15-16)32-13-12-31-17)20-21(19-3-1-14-33-19)26(24(29)23(20)28)7-2-6-25-8-10-30-11-9-25/h1,3-5,14-15,21,27H,2,6-13H2/t21-/m0/s1. The van der Waals surface area contributed by atoms with E-state index in [9.17, 15) is 14.7 Å². The maximum Gasteiger partial charge on any atom is 0.295 e. The molecule has 174 valence electrons. The second-order valence-corrected chi connectivity index (χ2v) is 9.15. The van der Waals surface area contributed by atoms with Crippen LogP contribution in [0.5, 0.6) is 11.5 Å². The highest BCUT2D eigenvalue weighted by atomic mass is 32.1. The minimum atomic E-state index is -0.660. The predicted octanol–water partition coefficient (Wildman–Crippen LogP) is 2.66. The van der Waals surface area contributed by atoms with E-state index in [4.69, 9.17) is 14.2 Å². The molecule has 0 saturated carbocycles. The van der Waals surface area contributed by atoms with Crippen LogP contribution in [0.1, 0.15) is 22.9 Å². The first-order valence-corrected chi connectivity index (χ1v) is 12.0. The van der Waals surface area contributed by atoms with Gasteiger partial charge in [-0.3, -0.25) is 14.5 Å². The first kappa shape index (κ1) is 21.9. The number of carbonyl (C=O) groups is 2. The van der Waals surface area contributed by atoms with Crippen LogP contribution in [0, 0.1) is 0 Å². The molecule has 3 aliphatic rings. The molecule has 1 amide bonds. The number of amides is 1. The Morgan fingerprint density at radius 2 is 1.82 bits per heavy atom. The number of ether oxygens (including phenoxy) is 3. The lowest BCUT2D eigenvalue weighted by atomic mass is 9.99. The Labute approximate surface area is 196 Å². The monoisotopic (exact) mass is 470 g/mol. The van der Waals surface area contributed by atoms with Crippen molar-refractivity contribution in [1.82, 2.24) is 9.80 Å². The number of morpholine rings is 1. The van der Waals surface area contributed by atoms with E-state index >= 15 is 0 Å². The van der Waals surface area contributed by atoms with E-state index < -0.39 is 17.7 Å². The first-order valence-electron chi connectivity index (χ1n) is 11.2. The Kier molecular flexibility index (Phi) is 6.34. The largest absolute Gasteiger partial charge is 0.507 e. The molecule has 3 aliphatic heterocycles. The van der Waals surface area contributed by atoms with Gasteiger partial charge < -0.3 is 24.2 Å². The summed E-state index contributed by atoms with van der Waals surface area (Å²) < 4.78 is 16.6. The number of ketones is 1. The summed E-state index contributed by atoms with van der Waals surface area (Å²) in [5.74, 6) is -0.324. The van der Waals surface area contributed by atoms with E-state index in [1.54, 1.807) is 23.1 Å². The molecule has 33 heavy (non-hydrogen) atoms. The fraction of sp³-hybridized carbons (Fsp3) is 0.417. The molecule has 0 aliphatic carbocycles. The SMILES string of the molecule is O=C1C(=O)N(CCCN2CCOCC2)[C@@H](c2cccs2)C1=C(O)c1ccc2c(c1)OCCO2. The van der Waals surface area contributed by atoms with Gasteiger partial charge in [0, 0.05) is 36.6 Å². The second kappa shape index (κ2) is 9.54. The highest BCUT2D eigenvalue weighted by Crippen LogP contribution is 2.42. The van der Waals surface area contributed by atoms with Crippen molar-refractivity contribution in [2.75, 3.05) is 52.6 Å². The Morgan fingerprint density at radius 1 is 1.03 bits per heavy atom. The van der Waals surface area contributed by atoms with Gasteiger partial charge in [-0.2, -0.15) is 0 Å². The molecule has 8 nitrogen and oxygen atoms in total. The third-order valence-electron chi connectivity index (χ3n) is 6.15. The maximum absolute atomic E-state index is 13.1. The zero-order chi connectivity index (χ0) is 22.8. The summed E-state index contributed by atoms with van der Waals surface area (Å²) in [5, 5.41) is 13.1. The smallest absolute Gasteiger partial charge is 0.295 e. The number of thiophene rings is 1. The van der Waals surface area contributed by atoms with Crippen molar-refractivity contribution in [3.8, 4) is 11.5 Å². The Hall–Kier alpha value is -2.88. The van der Waals surface area contributed by atoms with Crippen LogP contribution in [0.25, 0.3) is 5.76 Å². The maximum atomic E-state index is 13.1. The summed E-state index contributed by atoms with van der Waals surface area (Å²) in [6.45, 7) is 5.32. The van der Waals surface area contributed by atoms with E-state index in [1.165, 1.54) is 11.3 Å². The Bertz CT molecular complexity index is 1060. The van der Waals surface area contributed by atoms with Gasteiger partial charge in [0.1, 0.15) is 19.0 Å². The van der Waals surface area contributed by atoms with Crippen LogP contribution in [0.2, 0.25) is 0 Å². The van der Waals surface area contributed by atoms with Gasteiger partial charge in [-0.15, -0.1) is 11.3 Å². The number of aliphatic hydroxyl groups excluding tert-OH is 1. The fourth-order valence-electron chi connectivity index (χ4n) is 4.49. The van der Waals surface area contributed by atoms with Gasteiger partial charge in [0.25, 0.3) is 11.7 Å². The van der Waals surface area contributed by atoms with Crippen LogP contribution in [-0.2, 0) is 14.3 Å². The lowest BCUT2D eigenvalue weighted by Gasteiger charge is -2.28. The molecular formula is C24H26N2O6S. The quantitative estimate of drug-likeness (QED) is 0.395. The average molecular weight is 471 g/mol. The molecule has 0 spiro atoms. The molecule has 0 bridgehead atoms. The van der Waals surface area contributed by atoms with Gasteiger partial charge in [-0.25, -0.2) is 0 Å². The van der Waals surface area contributed by atoms with Crippen molar-refractivity contribution in [3.63, 3.8) is 0 Å². The fourth-order valence-corrected chi connectivity index (χ4v) is 5.33. The van der Waals surface area contributed by atoms with Crippen molar-refractivity contribution in [1.29, 1.82) is 0 Å². The highest BCUT2D eigenvalue weighted by Gasteiger charge is 2.46. The van der Waals surface area contributed by atoms with Crippen LogP contribution in [0.4, 0.5) is 0 Å². The van der Waals surface area contributed by atoms with Crippen LogP contribution < -0.4 is 9.47 Å². The summed E-state index contributed by atoms with van der Waals surface area (Å²) in [5.41, 5.74) is 0.539. The Morgan fingerprint density at radius 3 is 2.58 bits per heavy atom. The van der Waals surface area contributed by atoms with E-state index in [0.717, 1.165) is 44.1 Å². The van der Waals surface area contributed by atoms with Crippen molar-refractivity contribution >= 4 is 28.8 Å². The van der Waals surface area contributed by atoms with Crippen molar-refractivity contribution in [2.24, 2.45) is 0 Å². The minimum Gasteiger partial charge on any atom is -0.507 e. The average Bonchev–Trinajstić information content (AvgIpc) is 3.47. The van der Waals surface area contributed by atoms with Gasteiger partial charge in [0.05, 0.1) is 24.8 Å². The molecule has 5 rings (SSSR count). The molecule has 1 N–H and O–H groups in total. The van der Waals surface area contributed by atoms with Gasteiger partial charge in [0.15, 0.2) is 11.5 Å². The second-order valence-electron chi connectivity index (χ2n) is 8.17. The topological polar surface area (TPSA) is 88.5 Å². The number of rotatable bonds is 6. The van der Waals surface area contributed by atoms with Gasteiger partial charge in [-0.05, 0) is 36.1 Å². The first-order chi connectivity index (χ1) is 16.1. The summed E-state index contributed by atoms with van der Waals surface area (Å²) in [6.07, 6.45) is 0.735. The van der Waals surface area contributed by atoms with E-state index in [1.807, 2.05) is 17.5 Å². The zero-order valence-electron chi connectivity index (χ0n) is 18.2. The summed E-state index contributed by atoms with van der Waals surface area (Å²) in [6, 6.07) is 8.22. The minimum absolute atomic E-state index is 0.116. The molecule has 1 aromatic carbocycles. The van der Waals surface area contributed by atoms with Gasteiger partial charge in [0.2, 0.25) is 0 Å². The number of carbonyl (C=O) groups excluding carboxylic acids is 2. The number of benzene rings is 1. The molecule has 2 saturated heterocycles. The van der Waals surface area contributed by atoms with E-state index in [0.29, 0.717) is 36.8 Å². The van der Waals surface area contributed by atoms with Crippen LogP contribution >= 0.6 is 11.3 Å². The molecular weight excluding hydrogens is 444 g/mol. The lowest BCUT2D eigenvalue weighted by molar-refractivity contribution is -0.140. The van der Waals surface area contributed by atoms with Crippen LogP contribution in [0.15, 0.2) is 41.3 Å². The molecule has 0 unspecified atom stereocenters.